The van der Waals surface area contributed by atoms with Crippen LogP contribution in [0.1, 0.15) is 30.0 Å². The molecule has 2 aromatic rings. The summed E-state index contributed by atoms with van der Waals surface area (Å²) in [5.41, 5.74) is 10.9. The summed E-state index contributed by atoms with van der Waals surface area (Å²) in [5, 5.41) is 4.39. The van der Waals surface area contributed by atoms with Gasteiger partial charge in [0.15, 0.2) is 0 Å². The van der Waals surface area contributed by atoms with Gasteiger partial charge in [0.1, 0.15) is 0 Å². The molecule has 0 saturated carbocycles. The SMILES string of the molecule is CCC(N)Cc1cc(C)ccc1-n1cc(C)cn1. The minimum absolute atomic E-state index is 0.210. The van der Waals surface area contributed by atoms with Crippen LogP contribution in [0.5, 0.6) is 0 Å². The molecule has 0 saturated heterocycles. The molecular formula is C15H21N3. The Morgan fingerprint density at radius 2 is 2.06 bits per heavy atom. The molecule has 1 atom stereocenters. The topological polar surface area (TPSA) is 43.8 Å². The lowest BCUT2D eigenvalue weighted by atomic mass is 10.0. The van der Waals surface area contributed by atoms with Gasteiger partial charge >= 0.3 is 0 Å². The first-order chi connectivity index (χ1) is 8.60. The predicted octanol–water partition coefficient (Wildman–Crippen LogP) is 2.77. The molecule has 0 radical (unpaired) electrons. The zero-order chi connectivity index (χ0) is 13.1. The fourth-order valence-corrected chi connectivity index (χ4v) is 2.07. The number of aromatic nitrogens is 2. The van der Waals surface area contributed by atoms with Crippen LogP contribution in [-0.2, 0) is 6.42 Å². The van der Waals surface area contributed by atoms with Crippen molar-refractivity contribution < 1.29 is 0 Å². The van der Waals surface area contributed by atoms with E-state index in [2.05, 4.69) is 44.1 Å². The Balaban J connectivity index is 2.40. The maximum atomic E-state index is 6.08. The van der Waals surface area contributed by atoms with E-state index in [1.54, 1.807) is 0 Å². The number of nitrogens with zero attached hydrogens (tertiary/aromatic N) is 2. The van der Waals surface area contributed by atoms with Crippen LogP contribution in [0.25, 0.3) is 5.69 Å². The summed E-state index contributed by atoms with van der Waals surface area (Å²) >= 11 is 0. The molecule has 18 heavy (non-hydrogen) atoms. The van der Waals surface area contributed by atoms with Crippen molar-refractivity contribution in [1.29, 1.82) is 0 Å². The molecule has 0 bridgehead atoms. The van der Waals surface area contributed by atoms with Gasteiger partial charge < -0.3 is 5.73 Å². The van der Waals surface area contributed by atoms with E-state index in [9.17, 15) is 0 Å². The van der Waals surface area contributed by atoms with Crippen LogP contribution in [0.3, 0.4) is 0 Å². The van der Waals surface area contributed by atoms with Gasteiger partial charge in [0, 0.05) is 12.2 Å². The maximum Gasteiger partial charge on any atom is 0.0678 e. The van der Waals surface area contributed by atoms with Crippen LogP contribution in [0.2, 0.25) is 0 Å². The van der Waals surface area contributed by atoms with Crippen molar-refractivity contribution >= 4 is 0 Å². The van der Waals surface area contributed by atoms with E-state index < -0.39 is 0 Å². The zero-order valence-corrected chi connectivity index (χ0v) is 11.4. The van der Waals surface area contributed by atoms with Crippen molar-refractivity contribution in [2.75, 3.05) is 0 Å². The minimum atomic E-state index is 0.210. The number of nitrogens with two attached hydrogens (primary N) is 1. The summed E-state index contributed by atoms with van der Waals surface area (Å²) in [6.07, 6.45) is 5.81. The first-order valence-corrected chi connectivity index (χ1v) is 6.47. The van der Waals surface area contributed by atoms with E-state index in [-0.39, 0.29) is 6.04 Å². The van der Waals surface area contributed by atoms with Crippen LogP contribution < -0.4 is 5.73 Å². The average molecular weight is 243 g/mol. The van der Waals surface area contributed by atoms with Gasteiger partial charge in [-0.1, -0.05) is 24.6 Å². The third-order valence-corrected chi connectivity index (χ3v) is 3.20. The first kappa shape index (κ1) is 12.8. The Morgan fingerprint density at radius 3 is 2.67 bits per heavy atom. The molecule has 1 aromatic carbocycles. The summed E-state index contributed by atoms with van der Waals surface area (Å²) in [4.78, 5) is 0. The first-order valence-electron chi connectivity index (χ1n) is 6.47. The average Bonchev–Trinajstić information content (AvgIpc) is 2.75. The standard InChI is InChI=1S/C15H21N3/c1-4-14(16)8-13-7-11(2)5-6-15(13)18-10-12(3)9-17-18/h5-7,9-10,14H,4,8,16H2,1-3H3. The Kier molecular flexibility index (Phi) is 3.82. The molecule has 0 amide bonds. The molecule has 0 aliphatic rings. The van der Waals surface area contributed by atoms with E-state index in [0.29, 0.717) is 0 Å². The molecule has 1 heterocycles. The zero-order valence-electron chi connectivity index (χ0n) is 11.4. The molecule has 3 heteroatoms. The maximum absolute atomic E-state index is 6.08. The van der Waals surface area contributed by atoms with Crippen molar-refractivity contribution in [3.8, 4) is 5.69 Å². The van der Waals surface area contributed by atoms with Crippen molar-refractivity contribution in [2.24, 2.45) is 5.73 Å². The van der Waals surface area contributed by atoms with Gasteiger partial charge in [-0.2, -0.15) is 5.10 Å². The highest BCUT2D eigenvalue weighted by molar-refractivity contribution is 5.43. The minimum Gasteiger partial charge on any atom is -0.327 e. The summed E-state index contributed by atoms with van der Waals surface area (Å²) in [6.45, 7) is 6.28. The van der Waals surface area contributed by atoms with Crippen molar-refractivity contribution in [3.05, 3.63) is 47.3 Å². The highest BCUT2D eigenvalue weighted by Crippen LogP contribution is 2.18. The molecule has 1 unspecified atom stereocenters. The summed E-state index contributed by atoms with van der Waals surface area (Å²) < 4.78 is 1.94. The number of hydrogen-bond donors (Lipinski definition) is 1. The highest BCUT2D eigenvalue weighted by atomic mass is 15.3. The number of hydrogen-bond acceptors (Lipinski definition) is 2. The molecular weight excluding hydrogens is 222 g/mol. The van der Waals surface area contributed by atoms with E-state index in [4.69, 9.17) is 5.73 Å². The predicted molar refractivity (Wildman–Crippen MR) is 75.0 cm³/mol. The largest absolute Gasteiger partial charge is 0.327 e. The van der Waals surface area contributed by atoms with Crippen LogP contribution in [-0.4, -0.2) is 15.8 Å². The van der Waals surface area contributed by atoms with Crippen molar-refractivity contribution in [1.82, 2.24) is 9.78 Å². The molecule has 2 N–H and O–H groups in total. The Bertz CT molecular complexity index is 528. The van der Waals surface area contributed by atoms with Gasteiger partial charge in [0.2, 0.25) is 0 Å². The highest BCUT2D eigenvalue weighted by Gasteiger charge is 2.09. The molecule has 0 spiro atoms. The van der Waals surface area contributed by atoms with E-state index >= 15 is 0 Å². The summed E-state index contributed by atoms with van der Waals surface area (Å²) in [7, 11) is 0. The smallest absolute Gasteiger partial charge is 0.0678 e. The van der Waals surface area contributed by atoms with Crippen molar-refractivity contribution in [2.45, 2.75) is 39.7 Å². The van der Waals surface area contributed by atoms with Gasteiger partial charge in [-0.3, -0.25) is 0 Å². The number of benzene rings is 1. The lowest BCUT2D eigenvalue weighted by Crippen LogP contribution is -2.22. The van der Waals surface area contributed by atoms with Gasteiger partial charge in [-0.05, 0) is 43.9 Å². The molecule has 96 valence electrons. The number of aryl methyl sites for hydroxylation is 2. The molecule has 2 rings (SSSR count). The molecule has 1 aromatic heterocycles. The summed E-state index contributed by atoms with van der Waals surface area (Å²) in [6, 6.07) is 6.66. The second kappa shape index (κ2) is 5.36. The van der Waals surface area contributed by atoms with Crippen LogP contribution in [0, 0.1) is 13.8 Å². The lowest BCUT2D eigenvalue weighted by molar-refractivity contribution is 0.642. The molecule has 0 fully saturated rings. The van der Waals surface area contributed by atoms with Gasteiger partial charge in [-0.25, -0.2) is 4.68 Å². The van der Waals surface area contributed by atoms with Crippen LogP contribution in [0.15, 0.2) is 30.6 Å². The number of rotatable bonds is 4. The van der Waals surface area contributed by atoms with Crippen molar-refractivity contribution in [3.63, 3.8) is 0 Å². The van der Waals surface area contributed by atoms with Gasteiger partial charge in [0.05, 0.1) is 11.9 Å². The normalized spacial score (nSPS) is 12.7. The molecule has 0 aliphatic heterocycles. The fourth-order valence-electron chi connectivity index (χ4n) is 2.07. The monoisotopic (exact) mass is 243 g/mol. The Labute approximate surface area is 109 Å². The lowest BCUT2D eigenvalue weighted by Gasteiger charge is -2.14. The molecule has 3 nitrogen and oxygen atoms in total. The Hall–Kier alpha value is -1.61. The van der Waals surface area contributed by atoms with Gasteiger partial charge in [-0.15, -0.1) is 0 Å². The van der Waals surface area contributed by atoms with Crippen LogP contribution in [0.4, 0.5) is 0 Å². The summed E-state index contributed by atoms with van der Waals surface area (Å²) in [5.74, 6) is 0. The molecule has 0 aliphatic carbocycles. The third-order valence-electron chi connectivity index (χ3n) is 3.20. The van der Waals surface area contributed by atoms with E-state index in [1.807, 2.05) is 17.1 Å². The second-order valence-corrected chi connectivity index (χ2v) is 4.97. The Morgan fingerprint density at radius 1 is 1.28 bits per heavy atom. The second-order valence-electron chi connectivity index (χ2n) is 4.97. The fraction of sp³-hybridized carbons (Fsp3) is 0.400. The van der Waals surface area contributed by atoms with E-state index in [1.165, 1.54) is 16.7 Å². The van der Waals surface area contributed by atoms with E-state index in [0.717, 1.165) is 18.5 Å². The van der Waals surface area contributed by atoms with Crippen LogP contribution >= 0.6 is 0 Å². The third kappa shape index (κ3) is 2.79. The van der Waals surface area contributed by atoms with Gasteiger partial charge in [0.25, 0.3) is 0 Å². The quantitative estimate of drug-likeness (QED) is 0.897.